The van der Waals surface area contributed by atoms with Crippen molar-refractivity contribution >= 4 is 23.5 Å². The molecule has 1 aromatic carbocycles. The van der Waals surface area contributed by atoms with E-state index in [0.717, 1.165) is 44.2 Å². The predicted molar refractivity (Wildman–Crippen MR) is 121 cm³/mol. The molecule has 0 spiro atoms. The number of hydrogen-bond acceptors (Lipinski definition) is 6. The molecule has 4 saturated carbocycles. The second-order valence-corrected chi connectivity index (χ2v) is 10.7. The standard InChI is InChI=1S/C25H30ClN3O4/c1-32-24(31)25-9-16-6-18(10-25)22(19(7-16)11-25)28-23(30)21-14-29(4-5-33-21)13-17-3-2-15(12-27)8-20(17)26/h2-3,8,16,18-19,21-22H,4-7,9-11,13-14H2,1H3,(H,28,30)/t16?,18?,19?,21-,22?,25?/m1/s1. The number of carbonyl (C=O) groups is 2. The fourth-order valence-corrected chi connectivity index (χ4v) is 7.21. The lowest BCUT2D eigenvalue weighted by atomic mass is 9.48. The predicted octanol–water partition coefficient (Wildman–Crippen LogP) is 2.90. The lowest BCUT2D eigenvalue weighted by molar-refractivity contribution is -0.172. The van der Waals surface area contributed by atoms with Crippen LogP contribution in [0.2, 0.25) is 5.02 Å². The summed E-state index contributed by atoms with van der Waals surface area (Å²) < 4.78 is 11.0. The van der Waals surface area contributed by atoms with Crippen molar-refractivity contribution in [2.24, 2.45) is 23.2 Å². The van der Waals surface area contributed by atoms with Crippen LogP contribution in [0.3, 0.4) is 0 Å². The highest BCUT2D eigenvalue weighted by atomic mass is 35.5. The number of nitrogens with zero attached hydrogens (tertiary/aromatic N) is 2. The van der Waals surface area contributed by atoms with E-state index in [-0.39, 0.29) is 23.3 Å². The third kappa shape index (κ3) is 4.25. The number of halogens is 1. The topological polar surface area (TPSA) is 91.7 Å². The third-order valence-electron chi connectivity index (χ3n) is 8.22. The summed E-state index contributed by atoms with van der Waals surface area (Å²) in [5.41, 5.74) is 1.13. The average molecular weight is 472 g/mol. The van der Waals surface area contributed by atoms with E-state index >= 15 is 0 Å². The van der Waals surface area contributed by atoms with E-state index in [4.69, 9.17) is 26.3 Å². The summed E-state index contributed by atoms with van der Waals surface area (Å²) in [5, 5.41) is 12.9. The molecule has 1 N–H and O–H groups in total. The molecule has 1 saturated heterocycles. The number of methoxy groups -OCH3 is 1. The van der Waals surface area contributed by atoms with Crippen molar-refractivity contribution in [3.05, 3.63) is 34.3 Å². The van der Waals surface area contributed by atoms with E-state index in [2.05, 4.69) is 16.3 Å². The van der Waals surface area contributed by atoms with Crippen LogP contribution in [-0.4, -0.2) is 55.7 Å². The van der Waals surface area contributed by atoms with Crippen molar-refractivity contribution in [1.82, 2.24) is 10.2 Å². The maximum atomic E-state index is 13.2. The van der Waals surface area contributed by atoms with Crippen LogP contribution in [0.1, 0.15) is 43.2 Å². The number of carbonyl (C=O) groups excluding carboxylic acids is 2. The van der Waals surface area contributed by atoms with Crippen molar-refractivity contribution in [1.29, 1.82) is 5.26 Å². The first kappa shape index (κ1) is 22.6. The molecule has 0 aromatic heterocycles. The first-order valence-electron chi connectivity index (χ1n) is 11.8. The number of rotatable bonds is 5. The Hall–Kier alpha value is -2.14. The Morgan fingerprint density at radius 3 is 2.73 bits per heavy atom. The van der Waals surface area contributed by atoms with Gasteiger partial charge in [0.2, 0.25) is 0 Å². The average Bonchev–Trinajstić information content (AvgIpc) is 2.81. The summed E-state index contributed by atoms with van der Waals surface area (Å²) in [4.78, 5) is 27.9. The fraction of sp³-hybridized carbons (Fsp3) is 0.640. The van der Waals surface area contributed by atoms with Crippen LogP contribution < -0.4 is 5.32 Å². The number of amides is 1. The van der Waals surface area contributed by atoms with E-state index in [1.807, 2.05) is 6.07 Å². The van der Waals surface area contributed by atoms with Crippen LogP contribution >= 0.6 is 11.6 Å². The number of nitrogens with one attached hydrogen (secondary N) is 1. The number of benzene rings is 1. The van der Waals surface area contributed by atoms with Crippen molar-refractivity contribution < 1.29 is 19.1 Å². The van der Waals surface area contributed by atoms with Gasteiger partial charge in [-0.15, -0.1) is 0 Å². The van der Waals surface area contributed by atoms with Gasteiger partial charge in [-0.2, -0.15) is 5.26 Å². The molecule has 7 nitrogen and oxygen atoms in total. The molecule has 1 amide bonds. The third-order valence-corrected chi connectivity index (χ3v) is 8.57. The SMILES string of the molecule is COC(=O)C12CC3CC(C1)C(NC(=O)[C@H]1CN(Cc4ccc(C#N)cc4Cl)CCO1)C(C3)C2. The van der Waals surface area contributed by atoms with Crippen molar-refractivity contribution in [2.75, 3.05) is 26.8 Å². The minimum absolute atomic E-state index is 0.0600. The van der Waals surface area contributed by atoms with Crippen molar-refractivity contribution in [3.8, 4) is 6.07 Å². The molecular formula is C25H30ClN3O4. The Balaban J connectivity index is 1.21. The van der Waals surface area contributed by atoms with Crippen LogP contribution in [0.4, 0.5) is 0 Å². The zero-order valence-electron chi connectivity index (χ0n) is 18.9. The highest BCUT2D eigenvalue weighted by molar-refractivity contribution is 6.31. The molecule has 1 aromatic rings. The maximum Gasteiger partial charge on any atom is 0.311 e. The molecule has 4 aliphatic carbocycles. The second-order valence-electron chi connectivity index (χ2n) is 10.3. The normalized spacial score (nSPS) is 35.1. The first-order valence-corrected chi connectivity index (χ1v) is 12.2. The molecule has 2 unspecified atom stereocenters. The Labute approximate surface area is 199 Å². The number of morpholine rings is 1. The lowest BCUT2D eigenvalue weighted by Crippen LogP contribution is -2.63. The Kier molecular flexibility index (Phi) is 6.11. The molecule has 6 rings (SSSR count). The molecule has 0 radical (unpaired) electrons. The molecule has 176 valence electrons. The Bertz CT molecular complexity index is 976. The number of hydrogen-bond donors (Lipinski definition) is 1. The molecule has 33 heavy (non-hydrogen) atoms. The smallest absolute Gasteiger partial charge is 0.311 e. The van der Waals surface area contributed by atoms with Gasteiger partial charge in [0.15, 0.2) is 0 Å². The van der Waals surface area contributed by atoms with E-state index in [0.29, 0.717) is 48.0 Å². The molecule has 4 bridgehead atoms. The molecular weight excluding hydrogens is 442 g/mol. The first-order chi connectivity index (χ1) is 15.9. The monoisotopic (exact) mass is 471 g/mol. The van der Waals surface area contributed by atoms with E-state index in [1.54, 1.807) is 12.1 Å². The fourth-order valence-electron chi connectivity index (χ4n) is 6.97. The van der Waals surface area contributed by atoms with Gasteiger partial charge in [-0.1, -0.05) is 17.7 Å². The van der Waals surface area contributed by atoms with Gasteiger partial charge in [-0.05, 0) is 67.6 Å². The second kappa shape index (κ2) is 8.90. The minimum atomic E-state index is -0.525. The van der Waals surface area contributed by atoms with Gasteiger partial charge >= 0.3 is 5.97 Å². The largest absolute Gasteiger partial charge is 0.469 e. The van der Waals surface area contributed by atoms with Gasteiger partial charge in [0, 0.05) is 30.7 Å². The summed E-state index contributed by atoms with van der Waals surface area (Å²) in [6.07, 6.45) is 4.19. The Morgan fingerprint density at radius 1 is 1.30 bits per heavy atom. The molecule has 1 heterocycles. The van der Waals surface area contributed by atoms with Gasteiger partial charge in [0.25, 0.3) is 5.91 Å². The maximum absolute atomic E-state index is 13.2. The Morgan fingerprint density at radius 2 is 2.06 bits per heavy atom. The van der Waals surface area contributed by atoms with Crippen molar-refractivity contribution in [2.45, 2.75) is 50.8 Å². The molecule has 3 atom stereocenters. The van der Waals surface area contributed by atoms with E-state index in [9.17, 15) is 9.59 Å². The highest BCUT2D eigenvalue weighted by Crippen LogP contribution is 2.60. The van der Waals surface area contributed by atoms with Crippen LogP contribution in [0.15, 0.2) is 18.2 Å². The van der Waals surface area contributed by atoms with Gasteiger partial charge < -0.3 is 14.8 Å². The van der Waals surface area contributed by atoms with Gasteiger partial charge in [0.05, 0.1) is 30.8 Å². The van der Waals surface area contributed by atoms with Crippen molar-refractivity contribution in [3.63, 3.8) is 0 Å². The summed E-state index contributed by atoms with van der Waals surface area (Å²) in [7, 11) is 1.48. The molecule has 5 aliphatic rings. The highest BCUT2D eigenvalue weighted by Gasteiger charge is 2.59. The number of nitriles is 1. The molecule has 8 heteroatoms. The van der Waals surface area contributed by atoms with Gasteiger partial charge in [-0.25, -0.2) is 0 Å². The van der Waals surface area contributed by atoms with Crippen LogP contribution in [0.5, 0.6) is 0 Å². The number of ether oxygens (including phenoxy) is 2. The quantitative estimate of drug-likeness (QED) is 0.664. The lowest BCUT2D eigenvalue weighted by Gasteiger charge is -2.58. The summed E-state index contributed by atoms with van der Waals surface area (Å²) >= 11 is 6.35. The van der Waals surface area contributed by atoms with Gasteiger partial charge in [0.1, 0.15) is 6.10 Å². The number of esters is 1. The molecule has 1 aliphatic heterocycles. The summed E-state index contributed by atoms with van der Waals surface area (Å²) in [6, 6.07) is 7.52. The minimum Gasteiger partial charge on any atom is -0.469 e. The molecule has 5 fully saturated rings. The zero-order chi connectivity index (χ0) is 23.2. The van der Waals surface area contributed by atoms with Crippen LogP contribution in [-0.2, 0) is 25.6 Å². The zero-order valence-corrected chi connectivity index (χ0v) is 19.6. The summed E-state index contributed by atoms with van der Waals surface area (Å²) in [6.45, 7) is 2.31. The van der Waals surface area contributed by atoms with Crippen LogP contribution in [0, 0.1) is 34.5 Å². The van der Waals surface area contributed by atoms with Gasteiger partial charge in [-0.3, -0.25) is 14.5 Å². The summed E-state index contributed by atoms with van der Waals surface area (Å²) in [5.74, 6) is 1.09. The van der Waals surface area contributed by atoms with E-state index < -0.39 is 6.10 Å². The van der Waals surface area contributed by atoms with E-state index in [1.165, 1.54) is 7.11 Å². The van der Waals surface area contributed by atoms with Crippen LogP contribution in [0.25, 0.3) is 0 Å².